The summed E-state index contributed by atoms with van der Waals surface area (Å²) in [5.41, 5.74) is 0. The highest BCUT2D eigenvalue weighted by Crippen LogP contribution is 2.18. The summed E-state index contributed by atoms with van der Waals surface area (Å²) in [6.45, 7) is 6.39. The van der Waals surface area contributed by atoms with Crippen LogP contribution in [0.15, 0.2) is 97.2 Å². The zero-order valence-corrected chi connectivity index (χ0v) is 54.9. The summed E-state index contributed by atoms with van der Waals surface area (Å²) in [6.07, 6.45) is 96.2. The maximum Gasteiger partial charge on any atom is 0.306 e. The van der Waals surface area contributed by atoms with Crippen molar-refractivity contribution in [3.63, 3.8) is 0 Å². The molecule has 0 rings (SSSR count). The van der Waals surface area contributed by atoms with Crippen LogP contribution in [0.2, 0.25) is 0 Å². The zero-order valence-electron chi connectivity index (χ0n) is 54.9. The van der Waals surface area contributed by atoms with Crippen molar-refractivity contribution in [2.24, 2.45) is 0 Å². The molecule has 0 amide bonds. The van der Waals surface area contributed by atoms with Gasteiger partial charge in [-0.2, -0.15) is 0 Å². The molecule has 478 valence electrons. The van der Waals surface area contributed by atoms with Crippen LogP contribution in [0.5, 0.6) is 0 Å². The summed E-state index contributed by atoms with van der Waals surface area (Å²) >= 11 is 0. The van der Waals surface area contributed by atoms with Crippen LogP contribution in [-0.4, -0.2) is 37.2 Å². The summed E-state index contributed by atoms with van der Waals surface area (Å²) in [7, 11) is 0. The van der Waals surface area contributed by atoms with Crippen LogP contribution in [0.1, 0.15) is 355 Å². The number of rotatable bonds is 65. The first-order chi connectivity index (χ1) is 41.0. The van der Waals surface area contributed by atoms with Gasteiger partial charge in [0.1, 0.15) is 13.2 Å². The maximum absolute atomic E-state index is 12.9. The van der Waals surface area contributed by atoms with Gasteiger partial charge in [-0.15, -0.1) is 0 Å². The SMILES string of the molecule is CC/C=C\C/C=C\C/C=C\C/C=C\CCCCCCCCCCC(=O)OC(COC(=O)CC/C=C\C/C=C\C/C=C\C/C=C\CC)COC(=O)CCCCCCCCCCCCCCCCCCCCCCCCCCCCCCCCC. The zero-order chi connectivity index (χ0) is 59.9. The minimum atomic E-state index is -0.812. The van der Waals surface area contributed by atoms with Crippen molar-refractivity contribution in [2.75, 3.05) is 13.2 Å². The molecule has 0 aliphatic rings. The van der Waals surface area contributed by atoms with E-state index < -0.39 is 6.10 Å². The van der Waals surface area contributed by atoms with Crippen LogP contribution < -0.4 is 0 Å². The molecule has 1 atom stereocenters. The van der Waals surface area contributed by atoms with E-state index in [2.05, 4.69) is 112 Å². The lowest BCUT2D eigenvalue weighted by atomic mass is 10.0. The summed E-state index contributed by atoms with van der Waals surface area (Å²) in [5.74, 6) is -0.980. The third kappa shape index (κ3) is 69.0. The number of ether oxygens (including phenoxy) is 3. The quantitative estimate of drug-likeness (QED) is 0.0261. The van der Waals surface area contributed by atoms with Crippen molar-refractivity contribution in [3.8, 4) is 0 Å². The predicted molar refractivity (Wildman–Crippen MR) is 362 cm³/mol. The van der Waals surface area contributed by atoms with E-state index in [4.69, 9.17) is 14.2 Å². The van der Waals surface area contributed by atoms with Gasteiger partial charge in [0.15, 0.2) is 6.10 Å². The van der Waals surface area contributed by atoms with Crippen LogP contribution in [-0.2, 0) is 28.6 Å². The normalized spacial score (nSPS) is 12.7. The number of hydrogen-bond donors (Lipinski definition) is 0. The highest BCUT2D eigenvalue weighted by atomic mass is 16.6. The molecule has 0 aromatic rings. The summed E-state index contributed by atoms with van der Waals surface area (Å²) in [5, 5.41) is 0. The fourth-order valence-corrected chi connectivity index (χ4v) is 10.3. The minimum absolute atomic E-state index is 0.101. The second-order valence-electron chi connectivity index (χ2n) is 23.7. The van der Waals surface area contributed by atoms with Crippen molar-refractivity contribution < 1.29 is 28.6 Å². The Bertz CT molecular complexity index is 1610. The molecule has 0 N–H and O–H groups in total. The van der Waals surface area contributed by atoms with Crippen molar-refractivity contribution in [2.45, 2.75) is 361 Å². The largest absolute Gasteiger partial charge is 0.462 e. The summed E-state index contributed by atoms with van der Waals surface area (Å²) in [4.78, 5) is 38.4. The first kappa shape index (κ1) is 79.3. The van der Waals surface area contributed by atoms with E-state index in [0.29, 0.717) is 19.3 Å². The molecule has 83 heavy (non-hydrogen) atoms. The Morgan fingerprint density at radius 2 is 0.494 bits per heavy atom. The third-order valence-electron chi connectivity index (χ3n) is 15.6. The van der Waals surface area contributed by atoms with E-state index in [1.54, 1.807) is 0 Å². The lowest BCUT2D eigenvalue weighted by Crippen LogP contribution is -2.30. The lowest BCUT2D eigenvalue weighted by Gasteiger charge is -2.18. The van der Waals surface area contributed by atoms with Crippen LogP contribution >= 0.6 is 0 Å². The van der Waals surface area contributed by atoms with Crippen LogP contribution in [0.3, 0.4) is 0 Å². The molecule has 0 aromatic heterocycles. The van der Waals surface area contributed by atoms with Crippen molar-refractivity contribution in [1.29, 1.82) is 0 Å². The Hall–Kier alpha value is -3.67. The third-order valence-corrected chi connectivity index (χ3v) is 15.6. The summed E-state index contributed by atoms with van der Waals surface area (Å²) in [6, 6.07) is 0. The second kappa shape index (κ2) is 70.8. The number of esters is 3. The van der Waals surface area contributed by atoms with Gasteiger partial charge >= 0.3 is 17.9 Å². The molecule has 0 bridgehead atoms. The highest BCUT2D eigenvalue weighted by molar-refractivity contribution is 5.71. The Labute approximate surface area is 515 Å². The Kier molecular flexibility index (Phi) is 67.7. The second-order valence-corrected chi connectivity index (χ2v) is 23.7. The Morgan fingerprint density at radius 3 is 0.807 bits per heavy atom. The molecule has 6 nitrogen and oxygen atoms in total. The molecule has 0 aliphatic carbocycles. The van der Waals surface area contributed by atoms with Crippen LogP contribution in [0, 0.1) is 0 Å². The number of unbranched alkanes of at least 4 members (excludes halogenated alkanes) is 38. The van der Waals surface area contributed by atoms with E-state index in [-0.39, 0.29) is 37.5 Å². The fourth-order valence-electron chi connectivity index (χ4n) is 10.3. The minimum Gasteiger partial charge on any atom is -0.462 e. The first-order valence-corrected chi connectivity index (χ1v) is 35.7. The molecule has 0 heterocycles. The van der Waals surface area contributed by atoms with Gasteiger partial charge in [0.25, 0.3) is 0 Å². The smallest absolute Gasteiger partial charge is 0.306 e. The molecule has 0 spiro atoms. The van der Waals surface area contributed by atoms with Gasteiger partial charge in [-0.1, -0.05) is 349 Å². The molecular weight excluding hydrogens is 1020 g/mol. The average molecular weight is 1160 g/mol. The molecule has 0 saturated heterocycles. The fraction of sp³-hybridized carbons (Fsp3) is 0.753. The maximum atomic E-state index is 12.9. The van der Waals surface area contributed by atoms with Crippen LogP contribution in [0.25, 0.3) is 0 Å². The van der Waals surface area contributed by atoms with Gasteiger partial charge in [-0.3, -0.25) is 14.4 Å². The topological polar surface area (TPSA) is 78.9 Å². The molecule has 6 heteroatoms. The molecule has 0 saturated carbocycles. The van der Waals surface area contributed by atoms with E-state index >= 15 is 0 Å². The summed E-state index contributed by atoms with van der Waals surface area (Å²) < 4.78 is 16.9. The van der Waals surface area contributed by atoms with Gasteiger partial charge in [0, 0.05) is 19.3 Å². The standard InChI is InChI=1S/C77H134O6/c1-4-7-10-13-16-19-22-25-27-29-31-33-34-35-36-37-38-39-40-41-42-44-45-47-49-52-55-58-61-64-67-70-76(79)82-73-74(72-81-75(78)69-66-63-60-57-54-51-24-21-18-15-12-9-6-3)83-77(80)71-68-65-62-59-56-53-50-48-46-43-32-30-28-26-23-20-17-14-11-8-5-2/h8-9,11-12,17-18,20-21,26,28,32,43,51,54,60,63,74H,4-7,10,13-16,19,22-25,27,29-31,33-42,44-50,52-53,55-59,61-62,64-73H2,1-3H3/b11-8-,12-9-,20-17-,21-18-,28-26-,43-32-,54-51-,63-60-. The first-order valence-electron chi connectivity index (χ1n) is 35.7. The average Bonchev–Trinajstić information content (AvgIpc) is 3.49. The van der Waals surface area contributed by atoms with Crippen molar-refractivity contribution >= 4 is 17.9 Å². The molecule has 0 aliphatic heterocycles. The van der Waals surface area contributed by atoms with E-state index in [1.807, 2.05) is 6.08 Å². The Morgan fingerprint density at radius 1 is 0.253 bits per heavy atom. The molecule has 0 aromatic carbocycles. The number of carbonyl (C=O) groups excluding carboxylic acids is 3. The molecular formula is C77H134O6. The van der Waals surface area contributed by atoms with Gasteiger partial charge in [-0.25, -0.2) is 0 Å². The van der Waals surface area contributed by atoms with Gasteiger partial charge in [0.2, 0.25) is 0 Å². The van der Waals surface area contributed by atoms with Gasteiger partial charge < -0.3 is 14.2 Å². The lowest BCUT2D eigenvalue weighted by molar-refractivity contribution is -0.166. The molecule has 1 unspecified atom stereocenters. The van der Waals surface area contributed by atoms with Crippen LogP contribution in [0.4, 0.5) is 0 Å². The van der Waals surface area contributed by atoms with E-state index in [0.717, 1.165) is 96.3 Å². The molecule has 0 radical (unpaired) electrons. The van der Waals surface area contributed by atoms with Crippen molar-refractivity contribution in [3.05, 3.63) is 97.2 Å². The predicted octanol–water partition coefficient (Wildman–Crippen LogP) is 24.8. The number of carbonyl (C=O) groups is 3. The molecule has 0 fully saturated rings. The highest BCUT2D eigenvalue weighted by Gasteiger charge is 2.19. The monoisotopic (exact) mass is 1160 g/mol. The Balaban J connectivity index is 4.22. The van der Waals surface area contributed by atoms with Gasteiger partial charge in [0.05, 0.1) is 0 Å². The van der Waals surface area contributed by atoms with E-state index in [1.165, 1.54) is 212 Å². The van der Waals surface area contributed by atoms with Crippen molar-refractivity contribution in [1.82, 2.24) is 0 Å². The van der Waals surface area contributed by atoms with Gasteiger partial charge in [-0.05, 0) is 83.5 Å². The number of allylic oxidation sites excluding steroid dienone is 16. The van der Waals surface area contributed by atoms with E-state index in [9.17, 15) is 14.4 Å². The number of hydrogen-bond acceptors (Lipinski definition) is 6.